The van der Waals surface area contributed by atoms with E-state index in [4.69, 9.17) is 27.9 Å². The van der Waals surface area contributed by atoms with Gasteiger partial charge in [-0.2, -0.15) is 0 Å². The largest absolute Gasteiger partial charge is 0.487 e. The zero-order valence-corrected chi connectivity index (χ0v) is 17.0. The van der Waals surface area contributed by atoms with Crippen LogP contribution in [0.1, 0.15) is 26.3 Å². The molecular weight excluding hydrogens is 413 g/mol. The highest BCUT2D eigenvalue weighted by molar-refractivity contribution is 6.34. The molecule has 0 atom stereocenters. The van der Waals surface area contributed by atoms with Crippen molar-refractivity contribution in [3.8, 4) is 5.75 Å². The Hall–Kier alpha value is -3.02. The van der Waals surface area contributed by atoms with E-state index in [1.807, 2.05) is 0 Å². The van der Waals surface area contributed by atoms with Crippen LogP contribution in [0.2, 0.25) is 10.0 Å². The summed E-state index contributed by atoms with van der Waals surface area (Å²) in [5.41, 5.74) is 2.35. The van der Waals surface area contributed by atoms with Gasteiger partial charge in [0.05, 0.1) is 17.7 Å². The summed E-state index contributed by atoms with van der Waals surface area (Å²) < 4.78 is 10.3. The highest BCUT2D eigenvalue weighted by atomic mass is 35.5. The first-order valence-electron chi connectivity index (χ1n) is 8.63. The lowest BCUT2D eigenvalue weighted by Crippen LogP contribution is -2.12. The number of methoxy groups -OCH3 is 1. The minimum atomic E-state index is -0.431. The number of benzene rings is 3. The van der Waals surface area contributed by atoms with Gasteiger partial charge in [-0.1, -0.05) is 35.3 Å². The van der Waals surface area contributed by atoms with Gasteiger partial charge in [-0.3, -0.25) is 4.79 Å². The van der Waals surface area contributed by atoms with E-state index in [0.29, 0.717) is 32.6 Å². The van der Waals surface area contributed by atoms with Gasteiger partial charge in [-0.15, -0.1) is 0 Å². The van der Waals surface area contributed by atoms with Crippen molar-refractivity contribution >= 4 is 40.8 Å². The zero-order chi connectivity index (χ0) is 20.8. The smallest absolute Gasteiger partial charge is 0.337 e. The van der Waals surface area contributed by atoms with Crippen LogP contribution in [0.3, 0.4) is 0 Å². The second kappa shape index (κ2) is 9.45. The van der Waals surface area contributed by atoms with Gasteiger partial charge in [0, 0.05) is 22.3 Å². The van der Waals surface area contributed by atoms with Gasteiger partial charge in [0.1, 0.15) is 12.4 Å². The number of esters is 1. The van der Waals surface area contributed by atoms with E-state index in [9.17, 15) is 9.59 Å². The molecule has 1 amide bonds. The molecule has 0 fully saturated rings. The number of nitrogens with one attached hydrogen (secondary N) is 1. The molecule has 0 aliphatic rings. The normalized spacial score (nSPS) is 10.3. The number of halogens is 2. The summed E-state index contributed by atoms with van der Waals surface area (Å²) in [6, 6.07) is 18.5. The predicted molar refractivity (Wildman–Crippen MR) is 113 cm³/mol. The van der Waals surface area contributed by atoms with Crippen molar-refractivity contribution in [1.82, 2.24) is 0 Å². The molecule has 0 spiro atoms. The molecule has 0 bridgehead atoms. The summed E-state index contributed by atoms with van der Waals surface area (Å²) in [6.45, 7) is 0.289. The predicted octanol–water partition coefficient (Wildman–Crippen LogP) is 5.61. The Morgan fingerprint density at radius 3 is 2.21 bits per heavy atom. The third kappa shape index (κ3) is 5.50. The summed E-state index contributed by atoms with van der Waals surface area (Å²) in [7, 11) is 1.32. The lowest BCUT2D eigenvalue weighted by molar-refractivity contribution is 0.0600. The van der Waals surface area contributed by atoms with Gasteiger partial charge < -0.3 is 14.8 Å². The molecule has 148 valence electrons. The van der Waals surface area contributed by atoms with Crippen LogP contribution in [0.15, 0.2) is 66.7 Å². The fraction of sp³-hybridized carbons (Fsp3) is 0.0909. The number of carbonyl (C=O) groups excluding carboxylic acids is 2. The van der Waals surface area contributed by atoms with E-state index in [2.05, 4.69) is 10.1 Å². The molecule has 0 saturated heterocycles. The molecular formula is C22H17Cl2NO4. The molecule has 0 heterocycles. The standard InChI is InChI=1S/C22H17Cl2NO4/c1-28-22(27)16-6-9-18(10-7-16)25-21(26)15-4-2-14(3-5-15)13-29-20-12-17(23)8-11-19(20)24/h2-12H,13H2,1H3,(H,25,26). The monoisotopic (exact) mass is 429 g/mol. The molecule has 3 aromatic carbocycles. The minimum Gasteiger partial charge on any atom is -0.487 e. The summed E-state index contributed by atoms with van der Waals surface area (Å²) in [5.74, 6) is -0.197. The van der Waals surface area contributed by atoms with Crippen molar-refractivity contribution in [2.45, 2.75) is 6.61 Å². The highest BCUT2D eigenvalue weighted by Gasteiger charge is 2.09. The molecule has 0 saturated carbocycles. The van der Waals surface area contributed by atoms with Crippen LogP contribution in [0.25, 0.3) is 0 Å². The van der Waals surface area contributed by atoms with Crippen LogP contribution in [0.4, 0.5) is 5.69 Å². The summed E-state index contributed by atoms with van der Waals surface area (Å²) >= 11 is 12.0. The topological polar surface area (TPSA) is 64.6 Å². The van der Waals surface area contributed by atoms with Crippen LogP contribution in [-0.4, -0.2) is 19.0 Å². The maximum Gasteiger partial charge on any atom is 0.337 e. The molecule has 1 N–H and O–H groups in total. The lowest BCUT2D eigenvalue weighted by atomic mass is 10.1. The molecule has 7 heteroatoms. The number of ether oxygens (including phenoxy) is 2. The molecule has 0 aromatic heterocycles. The van der Waals surface area contributed by atoms with Crippen LogP contribution < -0.4 is 10.1 Å². The number of hydrogen-bond donors (Lipinski definition) is 1. The fourth-order valence-electron chi connectivity index (χ4n) is 2.51. The minimum absolute atomic E-state index is 0.263. The van der Waals surface area contributed by atoms with E-state index >= 15 is 0 Å². The van der Waals surface area contributed by atoms with Gasteiger partial charge in [-0.05, 0) is 54.1 Å². The Kier molecular flexibility index (Phi) is 6.75. The molecule has 5 nitrogen and oxygen atoms in total. The van der Waals surface area contributed by atoms with Crippen molar-refractivity contribution in [3.05, 3.63) is 93.5 Å². The van der Waals surface area contributed by atoms with E-state index < -0.39 is 5.97 Å². The van der Waals surface area contributed by atoms with Crippen LogP contribution >= 0.6 is 23.2 Å². The van der Waals surface area contributed by atoms with E-state index in [1.165, 1.54) is 7.11 Å². The van der Waals surface area contributed by atoms with E-state index in [1.54, 1.807) is 66.7 Å². The van der Waals surface area contributed by atoms with Crippen LogP contribution in [0.5, 0.6) is 5.75 Å². The number of amides is 1. The summed E-state index contributed by atoms with van der Waals surface area (Å²) in [4.78, 5) is 23.8. The molecule has 0 aliphatic carbocycles. The first kappa shape index (κ1) is 20.7. The van der Waals surface area contributed by atoms with Crippen molar-refractivity contribution in [2.24, 2.45) is 0 Å². The van der Waals surface area contributed by atoms with Gasteiger partial charge in [0.2, 0.25) is 0 Å². The van der Waals surface area contributed by atoms with Gasteiger partial charge in [0.25, 0.3) is 5.91 Å². The lowest BCUT2D eigenvalue weighted by Gasteiger charge is -2.10. The maximum atomic E-state index is 12.4. The first-order valence-corrected chi connectivity index (χ1v) is 9.38. The number of carbonyl (C=O) groups is 2. The molecule has 0 unspecified atom stereocenters. The number of anilines is 1. The SMILES string of the molecule is COC(=O)c1ccc(NC(=O)c2ccc(COc3cc(Cl)ccc3Cl)cc2)cc1. The Morgan fingerprint density at radius 2 is 1.55 bits per heavy atom. The molecule has 29 heavy (non-hydrogen) atoms. The van der Waals surface area contributed by atoms with Crippen molar-refractivity contribution in [2.75, 3.05) is 12.4 Å². The third-order valence-corrected chi connectivity index (χ3v) is 4.61. The average Bonchev–Trinajstić information content (AvgIpc) is 2.74. The number of rotatable bonds is 6. The second-order valence-electron chi connectivity index (χ2n) is 6.08. The van der Waals surface area contributed by atoms with E-state index in [0.717, 1.165) is 5.56 Å². The van der Waals surface area contributed by atoms with E-state index in [-0.39, 0.29) is 12.5 Å². The third-order valence-electron chi connectivity index (χ3n) is 4.07. The summed E-state index contributed by atoms with van der Waals surface area (Å²) in [6.07, 6.45) is 0. The highest BCUT2D eigenvalue weighted by Crippen LogP contribution is 2.28. The van der Waals surface area contributed by atoms with Crippen molar-refractivity contribution in [1.29, 1.82) is 0 Å². The molecule has 3 rings (SSSR count). The van der Waals surface area contributed by atoms with Gasteiger partial charge >= 0.3 is 5.97 Å². The van der Waals surface area contributed by atoms with Crippen LogP contribution in [-0.2, 0) is 11.3 Å². The van der Waals surface area contributed by atoms with Crippen LogP contribution in [0, 0.1) is 0 Å². The first-order chi connectivity index (χ1) is 14.0. The van der Waals surface area contributed by atoms with Gasteiger partial charge in [0.15, 0.2) is 0 Å². The fourth-order valence-corrected chi connectivity index (χ4v) is 2.85. The Balaban J connectivity index is 1.59. The van der Waals surface area contributed by atoms with Gasteiger partial charge in [-0.25, -0.2) is 4.79 Å². The Morgan fingerprint density at radius 1 is 0.897 bits per heavy atom. The van der Waals surface area contributed by atoms with Crippen molar-refractivity contribution < 1.29 is 19.1 Å². The molecule has 0 radical (unpaired) electrons. The molecule has 3 aromatic rings. The average molecular weight is 430 g/mol. The Bertz CT molecular complexity index is 1020. The molecule has 0 aliphatic heterocycles. The summed E-state index contributed by atoms with van der Waals surface area (Å²) in [5, 5.41) is 3.79. The quantitative estimate of drug-likeness (QED) is 0.517. The second-order valence-corrected chi connectivity index (χ2v) is 6.93. The Labute approximate surface area is 178 Å². The maximum absolute atomic E-state index is 12.4. The number of hydrogen-bond acceptors (Lipinski definition) is 4. The zero-order valence-electron chi connectivity index (χ0n) is 15.4. The van der Waals surface area contributed by atoms with Crippen molar-refractivity contribution in [3.63, 3.8) is 0 Å².